The van der Waals surface area contributed by atoms with Crippen molar-refractivity contribution in [3.05, 3.63) is 24.0 Å². The lowest BCUT2D eigenvalue weighted by molar-refractivity contribution is -0.141. The van der Waals surface area contributed by atoms with Crippen molar-refractivity contribution in [3.63, 3.8) is 0 Å². The number of hydrogen-bond donors (Lipinski definition) is 1. The zero-order valence-corrected chi connectivity index (χ0v) is 10.7. The average molecular weight is 309 g/mol. The molecule has 0 bridgehead atoms. The van der Waals surface area contributed by atoms with Crippen molar-refractivity contribution in [2.24, 2.45) is 5.92 Å². The maximum Gasteiger partial charge on any atom is 0.433 e. The Labute approximate surface area is 116 Å². The second-order valence-corrected chi connectivity index (χ2v) is 4.64. The van der Waals surface area contributed by atoms with E-state index in [1.54, 1.807) is 4.90 Å². The molecular weight excluding hydrogens is 297 g/mol. The summed E-state index contributed by atoms with van der Waals surface area (Å²) in [5.41, 5.74) is -0.708. The van der Waals surface area contributed by atoms with E-state index in [0.29, 0.717) is 5.69 Å². The van der Waals surface area contributed by atoms with Crippen molar-refractivity contribution in [2.75, 3.05) is 24.5 Å². The monoisotopic (exact) mass is 309 g/mol. The van der Waals surface area contributed by atoms with E-state index in [9.17, 15) is 26.7 Å². The summed E-state index contributed by atoms with van der Waals surface area (Å²) >= 11 is 0. The number of aromatic nitrogens is 1. The second kappa shape index (κ2) is 5.82. The van der Waals surface area contributed by atoms with Gasteiger partial charge in [-0.2, -0.15) is 13.2 Å². The van der Waals surface area contributed by atoms with Crippen LogP contribution >= 0.6 is 0 Å². The highest BCUT2D eigenvalue weighted by molar-refractivity contribution is 5.82. The highest BCUT2D eigenvalue weighted by atomic mass is 19.4. The van der Waals surface area contributed by atoms with E-state index in [0.717, 1.165) is 12.3 Å². The Morgan fingerprint density at radius 3 is 2.67 bits per heavy atom. The van der Waals surface area contributed by atoms with Crippen LogP contribution in [0.3, 0.4) is 0 Å². The third kappa shape index (κ3) is 3.79. The first-order chi connectivity index (χ1) is 9.77. The number of carbonyl (C=O) groups excluding carboxylic acids is 1. The molecular formula is C12H12F5N3O. The average Bonchev–Trinajstić information content (AvgIpc) is 2.34. The number of alkyl halides is 5. The quantitative estimate of drug-likeness (QED) is 0.864. The Morgan fingerprint density at radius 1 is 1.43 bits per heavy atom. The number of amides is 1. The largest absolute Gasteiger partial charge is 0.433 e. The van der Waals surface area contributed by atoms with Gasteiger partial charge in [0, 0.05) is 25.0 Å². The summed E-state index contributed by atoms with van der Waals surface area (Å²) in [4.78, 5) is 16.3. The lowest BCUT2D eigenvalue weighted by Crippen LogP contribution is -2.54. The molecule has 2 heterocycles. The molecule has 21 heavy (non-hydrogen) atoms. The van der Waals surface area contributed by atoms with E-state index in [-0.39, 0.29) is 13.1 Å². The van der Waals surface area contributed by atoms with Gasteiger partial charge in [-0.1, -0.05) is 0 Å². The van der Waals surface area contributed by atoms with Gasteiger partial charge in [0.1, 0.15) is 5.69 Å². The van der Waals surface area contributed by atoms with Crippen LogP contribution in [0.25, 0.3) is 0 Å². The van der Waals surface area contributed by atoms with Crippen molar-refractivity contribution in [1.82, 2.24) is 10.3 Å². The first-order valence-electron chi connectivity index (χ1n) is 6.11. The summed E-state index contributed by atoms with van der Waals surface area (Å²) in [7, 11) is 0. The Morgan fingerprint density at radius 2 is 2.10 bits per heavy atom. The Hall–Kier alpha value is -1.93. The van der Waals surface area contributed by atoms with E-state index in [4.69, 9.17) is 0 Å². The molecule has 4 nitrogen and oxygen atoms in total. The number of rotatable bonds is 4. The van der Waals surface area contributed by atoms with Crippen LogP contribution in [0.5, 0.6) is 0 Å². The zero-order valence-electron chi connectivity index (χ0n) is 10.7. The molecule has 1 fully saturated rings. The molecule has 9 heteroatoms. The van der Waals surface area contributed by atoms with E-state index < -0.39 is 36.7 Å². The lowest BCUT2D eigenvalue weighted by Gasteiger charge is -2.40. The Balaban J connectivity index is 1.91. The van der Waals surface area contributed by atoms with Crippen LogP contribution in [0.2, 0.25) is 0 Å². The molecule has 0 radical (unpaired) electrons. The van der Waals surface area contributed by atoms with Crippen LogP contribution in [-0.2, 0) is 11.0 Å². The molecule has 1 aromatic heterocycles. The fourth-order valence-corrected chi connectivity index (χ4v) is 1.95. The standard InChI is InChI=1S/C12H12F5N3O/c13-10(14)4-19-11(21)7-5-20(6-7)8-1-2-18-9(3-8)12(15,16)17/h1-3,7,10H,4-6H2,(H,19,21). The Bertz CT molecular complexity index is 514. The highest BCUT2D eigenvalue weighted by Crippen LogP contribution is 2.31. The molecule has 1 aromatic rings. The van der Waals surface area contributed by atoms with Gasteiger partial charge in [-0.25, -0.2) is 8.78 Å². The molecule has 0 aromatic carbocycles. The van der Waals surface area contributed by atoms with E-state index in [1.807, 2.05) is 0 Å². The molecule has 0 saturated carbocycles. The van der Waals surface area contributed by atoms with Crippen LogP contribution in [0, 0.1) is 5.92 Å². The van der Waals surface area contributed by atoms with Crippen LogP contribution in [-0.4, -0.2) is 37.0 Å². The van der Waals surface area contributed by atoms with Crippen molar-refractivity contribution < 1.29 is 26.7 Å². The van der Waals surface area contributed by atoms with E-state index >= 15 is 0 Å². The molecule has 1 N–H and O–H groups in total. The number of carbonyl (C=O) groups is 1. The molecule has 1 amide bonds. The summed E-state index contributed by atoms with van der Waals surface area (Å²) < 4.78 is 61.4. The third-order valence-corrected chi connectivity index (χ3v) is 3.08. The fraction of sp³-hybridized carbons (Fsp3) is 0.500. The summed E-state index contributed by atoms with van der Waals surface area (Å²) in [6, 6.07) is 2.30. The van der Waals surface area contributed by atoms with Crippen LogP contribution in [0.1, 0.15) is 5.69 Å². The third-order valence-electron chi connectivity index (χ3n) is 3.08. The predicted molar refractivity (Wildman–Crippen MR) is 64.0 cm³/mol. The molecule has 2 rings (SSSR count). The molecule has 0 atom stereocenters. The van der Waals surface area contributed by atoms with Gasteiger partial charge in [-0.15, -0.1) is 0 Å². The zero-order chi connectivity index (χ0) is 15.6. The molecule has 1 aliphatic rings. The van der Waals surface area contributed by atoms with E-state index in [2.05, 4.69) is 10.3 Å². The van der Waals surface area contributed by atoms with Crippen molar-refractivity contribution in [2.45, 2.75) is 12.6 Å². The SMILES string of the molecule is O=C(NCC(F)F)C1CN(c2ccnc(C(F)(F)F)c2)C1. The number of anilines is 1. The van der Waals surface area contributed by atoms with Gasteiger partial charge in [-0.05, 0) is 12.1 Å². The number of nitrogens with one attached hydrogen (secondary N) is 1. The van der Waals surface area contributed by atoms with Gasteiger partial charge in [0.25, 0.3) is 6.43 Å². The maximum absolute atomic E-state index is 12.5. The van der Waals surface area contributed by atoms with Crippen LogP contribution < -0.4 is 10.2 Å². The molecule has 0 unspecified atom stereocenters. The second-order valence-electron chi connectivity index (χ2n) is 4.64. The van der Waals surface area contributed by atoms with Crippen LogP contribution in [0.4, 0.5) is 27.6 Å². The maximum atomic E-state index is 12.5. The van der Waals surface area contributed by atoms with Crippen molar-refractivity contribution >= 4 is 11.6 Å². The highest BCUT2D eigenvalue weighted by Gasteiger charge is 2.36. The van der Waals surface area contributed by atoms with Gasteiger partial charge in [0.2, 0.25) is 5.91 Å². The summed E-state index contributed by atoms with van der Waals surface area (Å²) in [5, 5.41) is 2.08. The molecule has 1 saturated heterocycles. The minimum atomic E-state index is -4.53. The molecule has 116 valence electrons. The normalized spacial score (nSPS) is 16.0. The number of pyridine rings is 1. The first kappa shape index (κ1) is 15.5. The topological polar surface area (TPSA) is 45.2 Å². The number of hydrogen-bond acceptors (Lipinski definition) is 3. The lowest BCUT2D eigenvalue weighted by atomic mass is 9.98. The van der Waals surface area contributed by atoms with E-state index in [1.165, 1.54) is 6.07 Å². The number of halogens is 5. The number of nitrogens with zero attached hydrogens (tertiary/aromatic N) is 2. The molecule has 0 spiro atoms. The van der Waals surface area contributed by atoms with Crippen molar-refractivity contribution in [1.29, 1.82) is 0 Å². The summed E-state index contributed by atoms with van der Waals surface area (Å²) in [6.45, 7) is -0.338. The van der Waals surface area contributed by atoms with Crippen molar-refractivity contribution in [3.8, 4) is 0 Å². The van der Waals surface area contributed by atoms with Gasteiger partial charge < -0.3 is 10.2 Å². The summed E-state index contributed by atoms with van der Waals surface area (Å²) in [6.07, 6.45) is -6.11. The molecule has 0 aliphatic carbocycles. The van der Waals surface area contributed by atoms with Gasteiger partial charge >= 0.3 is 6.18 Å². The fourth-order valence-electron chi connectivity index (χ4n) is 1.95. The Kier molecular flexibility index (Phi) is 4.29. The smallest absolute Gasteiger partial charge is 0.370 e. The minimum absolute atomic E-state index is 0.191. The minimum Gasteiger partial charge on any atom is -0.370 e. The van der Waals surface area contributed by atoms with Gasteiger partial charge in [-0.3, -0.25) is 9.78 Å². The van der Waals surface area contributed by atoms with Crippen LogP contribution in [0.15, 0.2) is 18.3 Å². The van der Waals surface area contributed by atoms with Gasteiger partial charge in [0.05, 0.1) is 12.5 Å². The summed E-state index contributed by atoms with van der Waals surface area (Å²) in [5.74, 6) is -1.01. The predicted octanol–water partition coefficient (Wildman–Crippen LogP) is 1.92. The first-order valence-corrected chi connectivity index (χ1v) is 6.11. The van der Waals surface area contributed by atoms with Gasteiger partial charge in [0.15, 0.2) is 0 Å². The molecule has 1 aliphatic heterocycles.